The van der Waals surface area contributed by atoms with Crippen LogP contribution in [0, 0.1) is 37.5 Å². The fourth-order valence-corrected chi connectivity index (χ4v) is 7.12. The zero-order chi connectivity index (χ0) is 39.1. The molecule has 1 saturated heterocycles. The van der Waals surface area contributed by atoms with Crippen LogP contribution in [0.2, 0.25) is 5.02 Å². The standard InChI is InChI=1S/C39H41ClN2O12/c1-19-5-6-20(2)33(47)31(19)36(49)42-27-18-52-37(35(48)38(27,3)50)54-39-22(9-13-28(39)45)8-7-21-15-16-41-30(46)17-25(44)23-10-12-26(51-4)34(32(23)40)53-29(39)14-11-24(21)43/h5-6,9-10,12,15,24-25,27-29,35,37,43-45,47-48,50H,13,16-18H2,1-4H3,(H,41,46)(H,42,49). The zero-order valence-electron chi connectivity index (χ0n) is 29.8. The molecule has 9 atom stereocenters. The third-order valence-electron chi connectivity index (χ3n) is 10.2. The normalized spacial score (nSPS) is 31.9. The minimum atomic E-state index is -2.11. The summed E-state index contributed by atoms with van der Waals surface area (Å²) in [5, 5.41) is 73.1. The third-order valence-corrected chi connectivity index (χ3v) is 10.6. The number of aryl methyl sites for hydroxylation is 2. The Morgan fingerprint density at radius 1 is 1.07 bits per heavy atom. The summed E-state index contributed by atoms with van der Waals surface area (Å²) in [7, 11) is 1.35. The quantitative estimate of drug-likeness (QED) is 0.200. The molecular weight excluding hydrogens is 724 g/mol. The van der Waals surface area contributed by atoms with Crippen LogP contribution in [-0.2, 0) is 14.3 Å². The Hall–Kier alpha value is -4.61. The SMILES string of the molecule is COc1ccc2c(Cl)c1OC1C#CC(O)C(=CCNC(=O)CC2O)C#CC2=CCC(O)C21OC1OCC(NC(=O)c2c(C)ccc(C)c2O)C(C)(O)C1O. The largest absolute Gasteiger partial charge is 0.507 e. The van der Waals surface area contributed by atoms with Crippen LogP contribution in [0.4, 0.5) is 0 Å². The molecule has 0 aromatic heterocycles. The number of halogens is 1. The maximum atomic E-state index is 13.4. The van der Waals surface area contributed by atoms with Crippen molar-refractivity contribution in [1.82, 2.24) is 10.6 Å². The lowest BCUT2D eigenvalue weighted by Gasteiger charge is -2.48. The zero-order valence-corrected chi connectivity index (χ0v) is 30.6. The number of aliphatic hydroxyl groups excluding tert-OH is 4. The molecule has 2 aromatic carbocycles. The Morgan fingerprint density at radius 2 is 1.81 bits per heavy atom. The molecule has 1 fully saturated rings. The van der Waals surface area contributed by atoms with Crippen LogP contribution in [-0.4, -0.2) is 111 Å². The van der Waals surface area contributed by atoms with Gasteiger partial charge < -0.3 is 60.2 Å². The van der Waals surface area contributed by atoms with Gasteiger partial charge in [0.15, 0.2) is 29.5 Å². The van der Waals surface area contributed by atoms with Gasteiger partial charge in [-0.2, -0.15) is 0 Å². The fraction of sp³-hybridized carbons (Fsp3) is 0.436. The molecule has 2 aliphatic carbocycles. The van der Waals surface area contributed by atoms with Crippen LogP contribution in [0.25, 0.3) is 0 Å². The van der Waals surface area contributed by atoms with Crippen molar-refractivity contribution in [3.05, 3.63) is 74.8 Å². The number of fused-ring (bicyclic) bond motifs is 7. The average Bonchev–Trinajstić information content (AvgIpc) is 3.45. The van der Waals surface area contributed by atoms with Gasteiger partial charge in [-0.3, -0.25) is 9.59 Å². The first kappa shape index (κ1) is 39.1. The molecule has 286 valence electrons. The molecule has 0 radical (unpaired) electrons. The number of hydrogen-bond acceptors (Lipinski definition) is 12. The van der Waals surface area contributed by atoms with E-state index in [0.29, 0.717) is 11.1 Å². The van der Waals surface area contributed by atoms with Gasteiger partial charge in [-0.05, 0) is 44.4 Å². The number of carbonyl (C=O) groups is 2. The van der Waals surface area contributed by atoms with Crippen LogP contribution in [0.1, 0.15) is 52.9 Å². The second-order valence-electron chi connectivity index (χ2n) is 13.7. The van der Waals surface area contributed by atoms with E-state index in [1.807, 2.05) is 0 Å². The van der Waals surface area contributed by atoms with E-state index in [2.05, 4.69) is 34.3 Å². The monoisotopic (exact) mass is 764 g/mol. The smallest absolute Gasteiger partial charge is 0.255 e. The first-order chi connectivity index (χ1) is 25.6. The summed E-state index contributed by atoms with van der Waals surface area (Å²) in [5.74, 6) is 9.79. The van der Waals surface area contributed by atoms with E-state index >= 15 is 0 Å². The molecule has 2 aliphatic heterocycles. The van der Waals surface area contributed by atoms with Crippen molar-refractivity contribution in [2.45, 2.75) is 87.7 Å². The molecule has 6 rings (SSSR count). The van der Waals surface area contributed by atoms with Gasteiger partial charge >= 0.3 is 0 Å². The number of nitrogens with one attached hydrogen (secondary N) is 2. The Labute approximate surface area is 316 Å². The number of benzene rings is 2. The summed E-state index contributed by atoms with van der Waals surface area (Å²) in [6.45, 7) is 4.10. The lowest BCUT2D eigenvalue weighted by atomic mass is 9.84. The molecule has 54 heavy (non-hydrogen) atoms. The van der Waals surface area contributed by atoms with Gasteiger partial charge in [0.05, 0.1) is 49.0 Å². The van der Waals surface area contributed by atoms with E-state index in [-0.39, 0.29) is 63.9 Å². The highest BCUT2D eigenvalue weighted by Gasteiger charge is 2.59. The van der Waals surface area contributed by atoms with Gasteiger partial charge in [-0.15, -0.1) is 0 Å². The van der Waals surface area contributed by atoms with Crippen molar-refractivity contribution >= 4 is 23.4 Å². The first-order valence-electron chi connectivity index (χ1n) is 17.2. The van der Waals surface area contributed by atoms with Crippen molar-refractivity contribution in [3.8, 4) is 40.9 Å². The van der Waals surface area contributed by atoms with Crippen LogP contribution in [0.15, 0.2) is 47.6 Å². The number of amides is 2. The Balaban J connectivity index is 1.41. The average molecular weight is 765 g/mol. The van der Waals surface area contributed by atoms with Gasteiger partial charge in [-0.25, -0.2) is 0 Å². The van der Waals surface area contributed by atoms with Crippen molar-refractivity contribution in [3.63, 3.8) is 0 Å². The minimum Gasteiger partial charge on any atom is -0.507 e. The summed E-state index contributed by atoms with van der Waals surface area (Å²) in [6, 6.07) is 5.05. The summed E-state index contributed by atoms with van der Waals surface area (Å²) in [4.78, 5) is 26.1. The van der Waals surface area contributed by atoms with Crippen LogP contribution in [0.3, 0.4) is 0 Å². The first-order valence-corrected chi connectivity index (χ1v) is 17.6. The van der Waals surface area contributed by atoms with Crippen molar-refractivity contribution in [1.29, 1.82) is 0 Å². The maximum Gasteiger partial charge on any atom is 0.255 e. The van der Waals surface area contributed by atoms with Gasteiger partial charge in [0, 0.05) is 23.3 Å². The Morgan fingerprint density at radius 3 is 2.56 bits per heavy atom. The molecule has 9 unspecified atom stereocenters. The van der Waals surface area contributed by atoms with Crippen LogP contribution < -0.4 is 20.1 Å². The number of phenols is 1. The number of carbonyl (C=O) groups excluding carboxylic acids is 2. The number of rotatable bonds is 5. The van der Waals surface area contributed by atoms with Gasteiger partial charge in [0.1, 0.15) is 23.6 Å². The molecular formula is C39H41ClN2O12. The number of ether oxygens (including phenoxy) is 4. The number of phenolic OH excluding ortho intramolecular Hbond substituents is 1. The molecule has 14 nitrogen and oxygen atoms in total. The molecule has 4 bridgehead atoms. The topological polar surface area (TPSA) is 216 Å². The van der Waals surface area contributed by atoms with Gasteiger partial charge in [0.2, 0.25) is 5.91 Å². The predicted octanol–water partition coefficient (Wildman–Crippen LogP) is 0.993. The number of aliphatic hydroxyl groups is 5. The number of methoxy groups -OCH3 is 1. The Bertz CT molecular complexity index is 2040. The van der Waals surface area contributed by atoms with E-state index in [0.717, 1.165) is 0 Å². The summed E-state index contributed by atoms with van der Waals surface area (Å²) < 4.78 is 24.5. The predicted molar refractivity (Wildman–Crippen MR) is 192 cm³/mol. The molecule has 0 saturated carbocycles. The fourth-order valence-electron chi connectivity index (χ4n) is 6.80. The maximum absolute atomic E-state index is 13.4. The Kier molecular flexibility index (Phi) is 11.0. The highest BCUT2D eigenvalue weighted by molar-refractivity contribution is 6.33. The number of aromatic hydroxyl groups is 1. The molecule has 2 heterocycles. The molecule has 8 N–H and O–H groups in total. The van der Waals surface area contributed by atoms with E-state index < -0.39 is 72.5 Å². The molecule has 2 amide bonds. The number of hydrogen-bond donors (Lipinski definition) is 8. The summed E-state index contributed by atoms with van der Waals surface area (Å²) in [5.41, 5.74) is -2.89. The summed E-state index contributed by atoms with van der Waals surface area (Å²) in [6.07, 6.45) is -6.87. The van der Waals surface area contributed by atoms with Crippen molar-refractivity contribution in [2.75, 3.05) is 20.3 Å². The van der Waals surface area contributed by atoms with E-state index in [1.165, 1.54) is 32.2 Å². The van der Waals surface area contributed by atoms with E-state index in [1.54, 1.807) is 32.1 Å². The molecule has 4 aliphatic rings. The van der Waals surface area contributed by atoms with Crippen molar-refractivity contribution < 1.29 is 59.2 Å². The summed E-state index contributed by atoms with van der Waals surface area (Å²) >= 11 is 6.82. The molecule has 0 spiro atoms. The molecule has 2 aromatic rings. The second-order valence-corrected chi connectivity index (χ2v) is 14.1. The lowest BCUT2D eigenvalue weighted by Crippen LogP contribution is -2.69. The highest BCUT2D eigenvalue weighted by Crippen LogP contribution is 2.46. The lowest BCUT2D eigenvalue weighted by molar-refractivity contribution is -0.316. The highest BCUT2D eigenvalue weighted by atomic mass is 35.5. The molecule has 15 heteroatoms. The van der Waals surface area contributed by atoms with Gasteiger partial charge in [0.25, 0.3) is 5.91 Å². The van der Waals surface area contributed by atoms with Crippen molar-refractivity contribution in [2.24, 2.45) is 0 Å². The second kappa shape index (κ2) is 15.3. The van der Waals surface area contributed by atoms with Crippen LogP contribution >= 0.6 is 11.6 Å². The third kappa shape index (κ3) is 7.04. The van der Waals surface area contributed by atoms with E-state index in [4.69, 9.17) is 30.5 Å². The van der Waals surface area contributed by atoms with E-state index in [9.17, 15) is 40.2 Å². The van der Waals surface area contributed by atoms with Crippen LogP contribution in [0.5, 0.6) is 17.2 Å². The minimum absolute atomic E-state index is 0.00112. The van der Waals surface area contributed by atoms with Gasteiger partial charge in [-0.1, -0.05) is 65.6 Å².